The van der Waals surface area contributed by atoms with E-state index < -0.39 is 0 Å². The maximum absolute atomic E-state index is 10.5. The van der Waals surface area contributed by atoms with Gasteiger partial charge in [0.05, 0.1) is 0 Å². The molecule has 0 saturated heterocycles. The van der Waals surface area contributed by atoms with Crippen LogP contribution in [0.3, 0.4) is 0 Å². The topological polar surface area (TPSA) is 55.1 Å². The van der Waals surface area contributed by atoms with E-state index in [4.69, 9.17) is 5.73 Å². The molecule has 3 nitrogen and oxygen atoms in total. The number of primary amides is 1. The molecular formula is C11H22N2O. The highest BCUT2D eigenvalue weighted by molar-refractivity contribution is 5.73. The van der Waals surface area contributed by atoms with Gasteiger partial charge in [-0.05, 0) is 44.6 Å². The Bertz CT molecular complexity index is 199. The first-order valence-corrected chi connectivity index (χ1v) is 5.56. The van der Waals surface area contributed by atoms with E-state index in [0.29, 0.717) is 17.9 Å². The Morgan fingerprint density at radius 3 is 2.64 bits per heavy atom. The van der Waals surface area contributed by atoms with Crippen molar-refractivity contribution in [2.24, 2.45) is 11.1 Å². The molecule has 1 fully saturated rings. The molecule has 0 aromatic heterocycles. The fourth-order valence-corrected chi connectivity index (χ4v) is 1.62. The van der Waals surface area contributed by atoms with Crippen molar-refractivity contribution in [2.45, 2.75) is 52.0 Å². The Kier molecular flexibility index (Phi) is 3.93. The normalized spacial score (nSPS) is 20.4. The molecule has 14 heavy (non-hydrogen) atoms. The highest BCUT2D eigenvalue weighted by Crippen LogP contribution is 2.47. The molecule has 1 aliphatic carbocycles. The third-order valence-corrected chi connectivity index (χ3v) is 3.38. The standard InChI is InChI=1S/C11H22N2O/c1-9(11(2)6-7-11)13-8-4-3-5-10(12)14/h9,13H,3-8H2,1-2H3,(H2,12,14). The second-order valence-corrected chi connectivity index (χ2v) is 4.75. The van der Waals surface area contributed by atoms with E-state index in [0.717, 1.165) is 19.4 Å². The quantitative estimate of drug-likeness (QED) is 0.608. The number of carbonyl (C=O) groups is 1. The summed E-state index contributed by atoms with van der Waals surface area (Å²) < 4.78 is 0. The van der Waals surface area contributed by atoms with Crippen LogP contribution in [0.5, 0.6) is 0 Å². The molecule has 0 aromatic carbocycles. The SMILES string of the molecule is CC(NCCCCC(N)=O)C1(C)CC1. The Labute approximate surface area is 86.4 Å². The fraction of sp³-hybridized carbons (Fsp3) is 0.909. The summed E-state index contributed by atoms with van der Waals surface area (Å²) in [4.78, 5) is 10.5. The van der Waals surface area contributed by atoms with Crippen molar-refractivity contribution in [2.75, 3.05) is 6.54 Å². The van der Waals surface area contributed by atoms with Crippen molar-refractivity contribution in [1.82, 2.24) is 5.32 Å². The highest BCUT2D eigenvalue weighted by Gasteiger charge is 2.41. The van der Waals surface area contributed by atoms with E-state index in [9.17, 15) is 4.79 Å². The summed E-state index contributed by atoms with van der Waals surface area (Å²) in [5.41, 5.74) is 5.60. The third kappa shape index (κ3) is 3.66. The van der Waals surface area contributed by atoms with Gasteiger partial charge in [0.1, 0.15) is 0 Å². The van der Waals surface area contributed by atoms with E-state index >= 15 is 0 Å². The first kappa shape index (κ1) is 11.5. The lowest BCUT2D eigenvalue weighted by molar-refractivity contribution is -0.118. The van der Waals surface area contributed by atoms with Gasteiger partial charge < -0.3 is 11.1 Å². The predicted molar refractivity (Wildman–Crippen MR) is 57.9 cm³/mol. The summed E-state index contributed by atoms with van der Waals surface area (Å²) in [6, 6.07) is 0.607. The number of nitrogens with two attached hydrogens (primary N) is 1. The maximum atomic E-state index is 10.5. The molecule has 3 N–H and O–H groups in total. The molecule has 0 aromatic rings. The van der Waals surface area contributed by atoms with Gasteiger partial charge in [-0.25, -0.2) is 0 Å². The number of carbonyl (C=O) groups excluding carboxylic acids is 1. The average molecular weight is 198 g/mol. The minimum Gasteiger partial charge on any atom is -0.370 e. The van der Waals surface area contributed by atoms with Gasteiger partial charge >= 0.3 is 0 Å². The smallest absolute Gasteiger partial charge is 0.217 e. The molecule has 0 aliphatic heterocycles. The number of rotatable bonds is 7. The van der Waals surface area contributed by atoms with Crippen molar-refractivity contribution in [1.29, 1.82) is 0 Å². The lowest BCUT2D eigenvalue weighted by Gasteiger charge is -2.20. The molecule has 3 heteroatoms. The zero-order valence-electron chi connectivity index (χ0n) is 9.31. The first-order chi connectivity index (χ1) is 6.54. The van der Waals surface area contributed by atoms with Crippen LogP contribution in [0.1, 0.15) is 46.0 Å². The monoisotopic (exact) mass is 198 g/mol. The van der Waals surface area contributed by atoms with Crippen LogP contribution in [0, 0.1) is 5.41 Å². The number of hydrogen-bond acceptors (Lipinski definition) is 2. The minimum atomic E-state index is -0.188. The largest absolute Gasteiger partial charge is 0.370 e. The van der Waals surface area contributed by atoms with Crippen molar-refractivity contribution >= 4 is 5.91 Å². The molecule has 1 amide bonds. The first-order valence-electron chi connectivity index (χ1n) is 5.56. The van der Waals surface area contributed by atoms with E-state index in [2.05, 4.69) is 19.2 Å². The molecule has 1 rings (SSSR count). The van der Waals surface area contributed by atoms with Crippen LogP contribution in [0.4, 0.5) is 0 Å². The summed E-state index contributed by atoms with van der Waals surface area (Å²) in [7, 11) is 0. The second-order valence-electron chi connectivity index (χ2n) is 4.75. The maximum Gasteiger partial charge on any atom is 0.217 e. The molecule has 0 radical (unpaired) electrons. The van der Waals surface area contributed by atoms with Crippen LogP contribution in [0.2, 0.25) is 0 Å². The Balaban J connectivity index is 1.96. The number of nitrogens with one attached hydrogen (secondary N) is 1. The summed E-state index contributed by atoms with van der Waals surface area (Å²) in [6.07, 6.45) is 5.17. The van der Waals surface area contributed by atoms with Crippen molar-refractivity contribution in [3.8, 4) is 0 Å². The Hall–Kier alpha value is -0.570. The lowest BCUT2D eigenvalue weighted by Crippen LogP contribution is -2.34. The molecule has 0 spiro atoms. The van der Waals surface area contributed by atoms with E-state index in [-0.39, 0.29) is 5.91 Å². The van der Waals surface area contributed by atoms with Crippen LogP contribution in [-0.4, -0.2) is 18.5 Å². The molecule has 0 bridgehead atoms. The van der Waals surface area contributed by atoms with Gasteiger partial charge in [-0.15, -0.1) is 0 Å². The summed E-state index contributed by atoms with van der Waals surface area (Å²) in [5, 5.41) is 3.51. The van der Waals surface area contributed by atoms with Gasteiger partial charge in [-0.1, -0.05) is 6.92 Å². The zero-order chi connectivity index (χ0) is 10.6. The van der Waals surface area contributed by atoms with Gasteiger partial charge in [0.2, 0.25) is 5.91 Å². The average Bonchev–Trinajstić information content (AvgIpc) is 2.83. The van der Waals surface area contributed by atoms with Gasteiger partial charge in [-0.3, -0.25) is 4.79 Å². The van der Waals surface area contributed by atoms with Gasteiger partial charge in [0, 0.05) is 12.5 Å². The van der Waals surface area contributed by atoms with Crippen LogP contribution in [0.25, 0.3) is 0 Å². The zero-order valence-corrected chi connectivity index (χ0v) is 9.31. The van der Waals surface area contributed by atoms with E-state index in [1.54, 1.807) is 0 Å². The Morgan fingerprint density at radius 2 is 2.14 bits per heavy atom. The van der Waals surface area contributed by atoms with Gasteiger partial charge in [0.15, 0.2) is 0 Å². The van der Waals surface area contributed by atoms with E-state index in [1.807, 2.05) is 0 Å². The molecule has 82 valence electrons. The molecule has 1 atom stereocenters. The highest BCUT2D eigenvalue weighted by atomic mass is 16.1. The predicted octanol–water partition coefficient (Wildman–Crippen LogP) is 1.42. The third-order valence-electron chi connectivity index (χ3n) is 3.38. The van der Waals surface area contributed by atoms with Crippen molar-refractivity contribution in [3.05, 3.63) is 0 Å². The molecule has 1 saturated carbocycles. The second kappa shape index (κ2) is 4.78. The summed E-state index contributed by atoms with van der Waals surface area (Å²) in [6.45, 7) is 5.58. The summed E-state index contributed by atoms with van der Waals surface area (Å²) in [5.74, 6) is -0.188. The lowest BCUT2D eigenvalue weighted by atomic mass is 10.0. The van der Waals surface area contributed by atoms with E-state index in [1.165, 1.54) is 12.8 Å². The van der Waals surface area contributed by atoms with Crippen LogP contribution < -0.4 is 11.1 Å². The molecule has 0 heterocycles. The molecular weight excluding hydrogens is 176 g/mol. The Morgan fingerprint density at radius 1 is 1.50 bits per heavy atom. The van der Waals surface area contributed by atoms with Gasteiger partial charge in [0.25, 0.3) is 0 Å². The number of amides is 1. The van der Waals surface area contributed by atoms with Crippen molar-refractivity contribution < 1.29 is 4.79 Å². The summed E-state index contributed by atoms with van der Waals surface area (Å²) >= 11 is 0. The number of unbranched alkanes of at least 4 members (excludes halogenated alkanes) is 1. The fourth-order valence-electron chi connectivity index (χ4n) is 1.62. The van der Waals surface area contributed by atoms with Crippen LogP contribution in [0.15, 0.2) is 0 Å². The minimum absolute atomic E-state index is 0.188. The molecule has 1 aliphatic rings. The number of hydrogen-bond donors (Lipinski definition) is 2. The molecule has 1 unspecified atom stereocenters. The van der Waals surface area contributed by atoms with Crippen LogP contribution in [-0.2, 0) is 4.79 Å². The van der Waals surface area contributed by atoms with Gasteiger partial charge in [-0.2, -0.15) is 0 Å². The van der Waals surface area contributed by atoms with Crippen LogP contribution >= 0.6 is 0 Å². The van der Waals surface area contributed by atoms with Crippen molar-refractivity contribution in [3.63, 3.8) is 0 Å².